The summed E-state index contributed by atoms with van der Waals surface area (Å²) in [7, 11) is 0. The lowest BCUT2D eigenvalue weighted by molar-refractivity contribution is 0.640. The highest BCUT2D eigenvalue weighted by Gasteiger charge is 2.16. The first kappa shape index (κ1) is 12.7. The number of halogens is 1. The van der Waals surface area contributed by atoms with Crippen LogP contribution in [0.5, 0.6) is 0 Å². The van der Waals surface area contributed by atoms with Crippen molar-refractivity contribution in [1.82, 2.24) is 9.97 Å². The van der Waals surface area contributed by atoms with E-state index in [0.29, 0.717) is 10.0 Å². The molecule has 0 saturated heterocycles. The van der Waals surface area contributed by atoms with Gasteiger partial charge >= 0.3 is 0 Å². The van der Waals surface area contributed by atoms with Crippen LogP contribution in [0.3, 0.4) is 0 Å². The molecule has 0 unspecified atom stereocenters. The van der Waals surface area contributed by atoms with Gasteiger partial charge in [0.15, 0.2) is 0 Å². The van der Waals surface area contributed by atoms with Gasteiger partial charge in [-0.15, -0.1) is 0 Å². The first-order valence-electron chi connectivity index (χ1n) is 7.04. The fourth-order valence-electron chi connectivity index (χ4n) is 3.05. The summed E-state index contributed by atoms with van der Waals surface area (Å²) in [6.45, 7) is 0. The van der Waals surface area contributed by atoms with Crippen molar-refractivity contribution in [3.63, 3.8) is 0 Å². The van der Waals surface area contributed by atoms with Gasteiger partial charge in [-0.05, 0) is 36.8 Å². The molecule has 0 bridgehead atoms. The van der Waals surface area contributed by atoms with Crippen molar-refractivity contribution in [3.05, 3.63) is 58.1 Å². The van der Waals surface area contributed by atoms with E-state index in [2.05, 4.69) is 9.97 Å². The molecule has 2 nitrogen and oxygen atoms in total. The number of aromatic amines is 1. The molecule has 0 spiro atoms. The molecule has 2 aromatic carbocycles. The molecule has 4 heteroatoms. The summed E-state index contributed by atoms with van der Waals surface area (Å²) in [6.07, 6.45) is 3.13. The molecule has 104 valence electrons. The van der Waals surface area contributed by atoms with Crippen molar-refractivity contribution in [2.24, 2.45) is 0 Å². The second-order valence-electron chi connectivity index (χ2n) is 5.34. The molecule has 1 N–H and O–H groups in total. The topological polar surface area (TPSA) is 28.7 Å². The Morgan fingerprint density at radius 3 is 2.71 bits per heavy atom. The first-order chi connectivity index (χ1) is 10.2. The molecule has 0 amide bonds. The fourth-order valence-corrected chi connectivity index (χ4v) is 3.37. The molecule has 0 saturated carbocycles. The number of benzene rings is 2. The number of aromatic nitrogens is 2. The molecule has 21 heavy (non-hydrogen) atoms. The minimum atomic E-state index is -0.214. The summed E-state index contributed by atoms with van der Waals surface area (Å²) in [5.41, 5.74) is 3.24. The Labute approximate surface area is 126 Å². The number of hydrogen-bond donors (Lipinski definition) is 1. The van der Waals surface area contributed by atoms with Crippen LogP contribution in [0.1, 0.15) is 17.7 Å². The summed E-state index contributed by atoms with van der Waals surface area (Å²) in [4.78, 5) is 7.93. The van der Waals surface area contributed by atoms with Crippen molar-refractivity contribution in [2.45, 2.75) is 19.3 Å². The van der Waals surface area contributed by atoms with Crippen molar-refractivity contribution < 1.29 is 4.39 Å². The van der Waals surface area contributed by atoms with E-state index in [1.54, 1.807) is 12.1 Å². The minimum Gasteiger partial charge on any atom is -0.343 e. The predicted octanol–water partition coefficient (Wildman–Crippen LogP) is 4.59. The Balaban J connectivity index is 2.02. The Hall–Kier alpha value is -2.07. The number of rotatable bonds is 1. The summed E-state index contributed by atoms with van der Waals surface area (Å²) < 4.78 is 14.6. The third-order valence-corrected chi connectivity index (χ3v) is 4.42. The average Bonchev–Trinajstić information content (AvgIpc) is 2.97. The number of aryl methyl sites for hydroxylation is 1. The Morgan fingerprint density at radius 1 is 1.05 bits per heavy atom. The molecule has 0 aliphatic heterocycles. The minimum absolute atomic E-state index is 0.214. The Morgan fingerprint density at radius 2 is 1.86 bits per heavy atom. The van der Waals surface area contributed by atoms with Gasteiger partial charge < -0.3 is 4.98 Å². The summed E-state index contributed by atoms with van der Waals surface area (Å²) >= 11 is 5.41. The Bertz CT molecular complexity index is 914. The van der Waals surface area contributed by atoms with Crippen LogP contribution >= 0.6 is 12.2 Å². The molecule has 0 radical (unpaired) electrons. The molecule has 0 fully saturated rings. The van der Waals surface area contributed by atoms with Crippen LogP contribution in [0.25, 0.3) is 22.2 Å². The standard InChI is InChI=1S/C17H13FN2S/c18-14-9-8-12(10-4-1-2-5-11(10)14)16-19-15-7-3-6-13(15)17(21)20-16/h1-2,4-5,8-9H,3,6-7H2,(H,19,20,21). The fraction of sp³-hybridized carbons (Fsp3) is 0.176. The molecular formula is C17H13FN2S. The zero-order valence-electron chi connectivity index (χ0n) is 11.3. The smallest absolute Gasteiger partial charge is 0.139 e. The normalized spacial score (nSPS) is 13.6. The van der Waals surface area contributed by atoms with E-state index < -0.39 is 0 Å². The number of nitrogens with zero attached hydrogens (tertiary/aromatic N) is 1. The number of fused-ring (bicyclic) bond motifs is 2. The summed E-state index contributed by atoms with van der Waals surface area (Å²) in [5.74, 6) is 0.519. The highest BCUT2D eigenvalue weighted by molar-refractivity contribution is 7.71. The maximum absolute atomic E-state index is 13.9. The lowest BCUT2D eigenvalue weighted by atomic mass is 10.0. The molecule has 3 aromatic rings. The van der Waals surface area contributed by atoms with E-state index in [1.165, 1.54) is 17.3 Å². The molecule has 1 aliphatic carbocycles. The van der Waals surface area contributed by atoms with Gasteiger partial charge in [0.1, 0.15) is 16.3 Å². The molecule has 1 aromatic heterocycles. The zero-order valence-corrected chi connectivity index (χ0v) is 12.1. The predicted molar refractivity (Wildman–Crippen MR) is 84.3 cm³/mol. The van der Waals surface area contributed by atoms with Crippen LogP contribution < -0.4 is 0 Å². The average molecular weight is 296 g/mol. The molecule has 4 rings (SSSR count). The molecule has 1 aliphatic rings. The second-order valence-corrected chi connectivity index (χ2v) is 5.73. The van der Waals surface area contributed by atoms with E-state index in [9.17, 15) is 4.39 Å². The van der Waals surface area contributed by atoms with Gasteiger partial charge in [0.25, 0.3) is 0 Å². The number of H-pyrrole nitrogens is 1. The van der Waals surface area contributed by atoms with Crippen LogP contribution in [0, 0.1) is 10.5 Å². The van der Waals surface area contributed by atoms with Gasteiger partial charge in [-0.2, -0.15) is 0 Å². The van der Waals surface area contributed by atoms with Gasteiger partial charge in [-0.1, -0.05) is 36.5 Å². The van der Waals surface area contributed by atoms with Crippen molar-refractivity contribution in [2.75, 3.05) is 0 Å². The Kier molecular flexibility index (Phi) is 2.86. The highest BCUT2D eigenvalue weighted by Crippen LogP contribution is 2.30. The summed E-state index contributed by atoms with van der Waals surface area (Å²) in [5, 5.41) is 1.46. The van der Waals surface area contributed by atoms with Crippen LogP contribution in [0.4, 0.5) is 4.39 Å². The molecular weight excluding hydrogens is 283 g/mol. The van der Waals surface area contributed by atoms with E-state index in [4.69, 9.17) is 12.2 Å². The van der Waals surface area contributed by atoms with Gasteiger partial charge in [-0.3, -0.25) is 0 Å². The first-order valence-corrected chi connectivity index (χ1v) is 7.44. The van der Waals surface area contributed by atoms with Crippen LogP contribution in [0.15, 0.2) is 36.4 Å². The van der Waals surface area contributed by atoms with Gasteiger partial charge in [0.2, 0.25) is 0 Å². The molecule has 1 heterocycles. The quantitative estimate of drug-likeness (QED) is 0.665. The summed E-state index contributed by atoms with van der Waals surface area (Å²) in [6, 6.07) is 10.7. The largest absolute Gasteiger partial charge is 0.343 e. The SMILES string of the molecule is Fc1ccc(-c2nc(=S)c3c([nH]2)CCC3)c2ccccc12. The number of hydrogen-bond acceptors (Lipinski definition) is 2. The van der Waals surface area contributed by atoms with Gasteiger partial charge in [-0.25, -0.2) is 9.37 Å². The van der Waals surface area contributed by atoms with Crippen LogP contribution in [0.2, 0.25) is 0 Å². The highest BCUT2D eigenvalue weighted by atomic mass is 32.1. The molecule has 0 atom stereocenters. The van der Waals surface area contributed by atoms with E-state index in [-0.39, 0.29) is 5.82 Å². The van der Waals surface area contributed by atoms with E-state index in [1.807, 2.05) is 18.2 Å². The van der Waals surface area contributed by atoms with Crippen molar-refractivity contribution >= 4 is 23.0 Å². The lowest BCUT2D eigenvalue weighted by Crippen LogP contribution is -1.98. The van der Waals surface area contributed by atoms with Crippen molar-refractivity contribution in [3.8, 4) is 11.4 Å². The van der Waals surface area contributed by atoms with Crippen LogP contribution in [-0.2, 0) is 12.8 Å². The van der Waals surface area contributed by atoms with E-state index in [0.717, 1.165) is 36.0 Å². The third-order valence-electron chi connectivity index (χ3n) is 4.08. The maximum atomic E-state index is 13.9. The lowest BCUT2D eigenvalue weighted by Gasteiger charge is -2.09. The zero-order chi connectivity index (χ0) is 14.4. The van der Waals surface area contributed by atoms with E-state index >= 15 is 0 Å². The maximum Gasteiger partial charge on any atom is 0.139 e. The monoisotopic (exact) mass is 296 g/mol. The van der Waals surface area contributed by atoms with Crippen molar-refractivity contribution in [1.29, 1.82) is 0 Å². The second kappa shape index (κ2) is 4.74. The van der Waals surface area contributed by atoms with Crippen LogP contribution in [-0.4, -0.2) is 9.97 Å². The number of nitrogens with one attached hydrogen (secondary N) is 1. The third kappa shape index (κ3) is 1.98. The van der Waals surface area contributed by atoms with Gasteiger partial charge in [0.05, 0.1) is 0 Å². The van der Waals surface area contributed by atoms with Gasteiger partial charge in [0, 0.05) is 22.2 Å².